The number of carbonyl (C=O) groups is 1. The normalized spacial score (nSPS) is 15.0. The van der Waals surface area contributed by atoms with Crippen molar-refractivity contribution in [2.24, 2.45) is 0 Å². The Kier molecular flexibility index (Phi) is 5.17. The molecule has 2 aromatic heterocycles. The zero-order valence-electron chi connectivity index (χ0n) is 15.8. The standard InChI is InChI=1S/C21H23N3O3S/c1-14-7-5-6-10-16(14)24-20(26)19-17(11-12-28-19)23(21(24)27)13-18(25)22-15-8-3-2-4-9-15/h5-7,10-12,15H,2-4,8-9,13H2,1H3,(H,22,25). The van der Waals surface area contributed by atoms with Crippen molar-refractivity contribution >= 4 is 27.5 Å². The first-order chi connectivity index (χ1) is 13.6. The largest absolute Gasteiger partial charge is 0.352 e. The minimum absolute atomic E-state index is 0.0886. The fraction of sp³-hybridized carbons (Fsp3) is 0.381. The summed E-state index contributed by atoms with van der Waals surface area (Å²) in [4.78, 5) is 38.9. The number of nitrogens with zero attached hydrogens (tertiary/aromatic N) is 2. The number of hydrogen-bond acceptors (Lipinski definition) is 4. The lowest BCUT2D eigenvalue weighted by Crippen LogP contribution is -2.43. The maximum atomic E-state index is 13.2. The first-order valence-electron chi connectivity index (χ1n) is 9.64. The molecule has 1 aromatic carbocycles. The topological polar surface area (TPSA) is 73.1 Å². The predicted octanol–water partition coefficient (Wildman–Crippen LogP) is 2.97. The number of carbonyl (C=O) groups excluding carboxylic acids is 1. The molecule has 0 spiro atoms. The van der Waals surface area contributed by atoms with E-state index in [9.17, 15) is 14.4 Å². The van der Waals surface area contributed by atoms with E-state index < -0.39 is 5.69 Å². The van der Waals surface area contributed by atoms with Gasteiger partial charge in [-0.15, -0.1) is 11.3 Å². The number of nitrogens with one attached hydrogen (secondary N) is 1. The molecule has 2 heterocycles. The third kappa shape index (κ3) is 3.42. The summed E-state index contributed by atoms with van der Waals surface area (Å²) >= 11 is 1.29. The van der Waals surface area contributed by atoms with Gasteiger partial charge in [-0.25, -0.2) is 9.36 Å². The van der Waals surface area contributed by atoms with Gasteiger partial charge in [0, 0.05) is 6.04 Å². The van der Waals surface area contributed by atoms with E-state index in [0.29, 0.717) is 15.9 Å². The van der Waals surface area contributed by atoms with Crippen LogP contribution in [0.4, 0.5) is 0 Å². The number of fused-ring (bicyclic) bond motifs is 1. The maximum Gasteiger partial charge on any atom is 0.336 e. The third-order valence-corrected chi connectivity index (χ3v) is 6.27. The molecule has 0 saturated heterocycles. The first-order valence-corrected chi connectivity index (χ1v) is 10.5. The predicted molar refractivity (Wildman–Crippen MR) is 111 cm³/mol. The second kappa shape index (κ2) is 7.75. The SMILES string of the molecule is Cc1ccccc1-n1c(=O)c2sccc2n(CC(=O)NC2CCCCC2)c1=O. The summed E-state index contributed by atoms with van der Waals surface area (Å²) in [5, 5.41) is 4.84. The van der Waals surface area contributed by atoms with Gasteiger partial charge in [-0.05, 0) is 42.8 Å². The molecule has 146 valence electrons. The Bertz CT molecular complexity index is 1140. The molecule has 7 heteroatoms. The second-order valence-electron chi connectivity index (χ2n) is 7.33. The lowest BCUT2D eigenvalue weighted by Gasteiger charge is -2.23. The van der Waals surface area contributed by atoms with Gasteiger partial charge in [0.25, 0.3) is 5.56 Å². The Balaban J connectivity index is 1.77. The van der Waals surface area contributed by atoms with Crippen molar-refractivity contribution in [3.05, 3.63) is 62.1 Å². The summed E-state index contributed by atoms with van der Waals surface area (Å²) in [6, 6.07) is 9.19. The molecular weight excluding hydrogens is 374 g/mol. The van der Waals surface area contributed by atoms with Gasteiger partial charge >= 0.3 is 5.69 Å². The first kappa shape index (κ1) is 18.7. The molecule has 1 amide bonds. The summed E-state index contributed by atoms with van der Waals surface area (Å²) in [6.07, 6.45) is 5.42. The molecule has 1 aliphatic carbocycles. The van der Waals surface area contributed by atoms with E-state index in [-0.39, 0.29) is 24.1 Å². The van der Waals surface area contributed by atoms with Crippen LogP contribution >= 0.6 is 11.3 Å². The monoisotopic (exact) mass is 397 g/mol. The van der Waals surface area contributed by atoms with E-state index in [1.54, 1.807) is 23.6 Å². The highest BCUT2D eigenvalue weighted by molar-refractivity contribution is 7.17. The molecule has 28 heavy (non-hydrogen) atoms. The summed E-state index contributed by atoms with van der Waals surface area (Å²) < 4.78 is 3.08. The van der Waals surface area contributed by atoms with Crippen LogP contribution in [0.5, 0.6) is 0 Å². The van der Waals surface area contributed by atoms with E-state index in [1.807, 2.05) is 19.1 Å². The van der Waals surface area contributed by atoms with Crippen LogP contribution in [0.3, 0.4) is 0 Å². The molecule has 1 saturated carbocycles. The van der Waals surface area contributed by atoms with Crippen LogP contribution in [0.25, 0.3) is 15.9 Å². The smallest absolute Gasteiger partial charge is 0.336 e. The molecule has 1 N–H and O–H groups in total. The lowest BCUT2D eigenvalue weighted by molar-refractivity contribution is -0.122. The number of benzene rings is 1. The zero-order chi connectivity index (χ0) is 19.7. The van der Waals surface area contributed by atoms with Gasteiger partial charge in [0.1, 0.15) is 11.2 Å². The van der Waals surface area contributed by atoms with Crippen molar-refractivity contribution in [2.75, 3.05) is 0 Å². The molecule has 6 nitrogen and oxygen atoms in total. The Morgan fingerprint density at radius 3 is 2.64 bits per heavy atom. The van der Waals surface area contributed by atoms with Crippen molar-refractivity contribution in [3.63, 3.8) is 0 Å². The summed E-state index contributed by atoms with van der Waals surface area (Å²) in [7, 11) is 0. The zero-order valence-corrected chi connectivity index (χ0v) is 16.6. The number of hydrogen-bond donors (Lipinski definition) is 1. The Morgan fingerprint density at radius 1 is 1.14 bits per heavy atom. The molecule has 4 rings (SSSR count). The molecular formula is C21H23N3O3S. The van der Waals surface area contributed by atoms with Crippen molar-refractivity contribution in [2.45, 2.75) is 51.6 Å². The molecule has 0 radical (unpaired) electrons. The van der Waals surface area contributed by atoms with E-state index in [0.717, 1.165) is 31.2 Å². The number of thiophene rings is 1. The number of aromatic nitrogens is 2. The maximum absolute atomic E-state index is 13.2. The number of rotatable bonds is 4. The van der Waals surface area contributed by atoms with Gasteiger partial charge in [0.15, 0.2) is 0 Å². The van der Waals surface area contributed by atoms with Crippen LogP contribution in [-0.4, -0.2) is 21.1 Å². The van der Waals surface area contributed by atoms with Crippen molar-refractivity contribution in [1.82, 2.24) is 14.5 Å². The number of para-hydroxylation sites is 1. The van der Waals surface area contributed by atoms with Crippen molar-refractivity contribution < 1.29 is 4.79 Å². The molecule has 0 bridgehead atoms. The Morgan fingerprint density at radius 2 is 1.89 bits per heavy atom. The Hall–Kier alpha value is -2.67. The van der Waals surface area contributed by atoms with Gasteiger partial charge in [-0.3, -0.25) is 14.2 Å². The molecule has 0 unspecified atom stereocenters. The summed E-state index contributed by atoms with van der Waals surface area (Å²) in [5.41, 5.74) is 1.07. The quantitative estimate of drug-likeness (QED) is 0.736. The van der Waals surface area contributed by atoms with Crippen LogP contribution in [0.1, 0.15) is 37.7 Å². The Labute approximate surface area is 166 Å². The van der Waals surface area contributed by atoms with Gasteiger partial charge in [-0.1, -0.05) is 37.5 Å². The third-order valence-electron chi connectivity index (χ3n) is 5.38. The van der Waals surface area contributed by atoms with Gasteiger partial charge in [0.2, 0.25) is 5.91 Å². The van der Waals surface area contributed by atoms with Crippen molar-refractivity contribution in [1.29, 1.82) is 0 Å². The van der Waals surface area contributed by atoms with E-state index in [1.165, 1.54) is 26.9 Å². The molecule has 1 aliphatic rings. The van der Waals surface area contributed by atoms with E-state index in [2.05, 4.69) is 5.32 Å². The second-order valence-corrected chi connectivity index (χ2v) is 8.25. The lowest BCUT2D eigenvalue weighted by atomic mass is 9.95. The minimum Gasteiger partial charge on any atom is -0.352 e. The van der Waals surface area contributed by atoms with Crippen LogP contribution in [0, 0.1) is 6.92 Å². The molecule has 3 aromatic rings. The fourth-order valence-electron chi connectivity index (χ4n) is 3.93. The van der Waals surface area contributed by atoms with E-state index in [4.69, 9.17) is 0 Å². The molecule has 0 atom stereocenters. The average molecular weight is 398 g/mol. The van der Waals surface area contributed by atoms with Gasteiger partial charge in [0.05, 0.1) is 11.2 Å². The number of aryl methyl sites for hydroxylation is 1. The summed E-state index contributed by atoms with van der Waals surface area (Å²) in [5.74, 6) is -0.184. The average Bonchev–Trinajstić information content (AvgIpc) is 3.17. The van der Waals surface area contributed by atoms with Crippen LogP contribution in [-0.2, 0) is 11.3 Å². The van der Waals surface area contributed by atoms with Crippen molar-refractivity contribution in [3.8, 4) is 5.69 Å². The highest BCUT2D eigenvalue weighted by atomic mass is 32.1. The van der Waals surface area contributed by atoms with Crippen LogP contribution in [0.15, 0.2) is 45.3 Å². The molecule has 0 aliphatic heterocycles. The van der Waals surface area contributed by atoms with Gasteiger partial charge < -0.3 is 5.32 Å². The van der Waals surface area contributed by atoms with E-state index >= 15 is 0 Å². The minimum atomic E-state index is -0.482. The highest BCUT2D eigenvalue weighted by Gasteiger charge is 2.20. The van der Waals surface area contributed by atoms with Crippen LogP contribution < -0.4 is 16.6 Å². The van der Waals surface area contributed by atoms with Gasteiger partial charge in [-0.2, -0.15) is 0 Å². The van der Waals surface area contributed by atoms with Crippen LogP contribution in [0.2, 0.25) is 0 Å². The summed E-state index contributed by atoms with van der Waals surface area (Å²) in [6.45, 7) is 1.77. The number of amides is 1. The fourth-order valence-corrected chi connectivity index (χ4v) is 4.75. The highest BCUT2D eigenvalue weighted by Crippen LogP contribution is 2.19. The molecule has 1 fully saturated rings.